The van der Waals surface area contributed by atoms with Crippen molar-refractivity contribution in [2.24, 2.45) is 5.92 Å². The van der Waals surface area contributed by atoms with Crippen LogP contribution in [0.5, 0.6) is 11.5 Å². The zero-order valence-electron chi connectivity index (χ0n) is 20.0. The molecule has 1 aliphatic rings. The second-order valence-electron chi connectivity index (χ2n) is 9.05. The van der Waals surface area contributed by atoms with Gasteiger partial charge in [0.15, 0.2) is 11.5 Å². The molecule has 0 radical (unpaired) electrons. The van der Waals surface area contributed by atoms with Gasteiger partial charge < -0.3 is 14.8 Å². The maximum absolute atomic E-state index is 13.2. The summed E-state index contributed by atoms with van der Waals surface area (Å²) in [6.07, 6.45) is 2.59. The third-order valence-electron chi connectivity index (χ3n) is 6.73. The van der Waals surface area contributed by atoms with Crippen LogP contribution in [0.1, 0.15) is 40.7 Å². The van der Waals surface area contributed by atoms with Gasteiger partial charge in [-0.3, -0.25) is 4.79 Å². The van der Waals surface area contributed by atoms with Crippen LogP contribution in [0.15, 0.2) is 66.7 Å². The molecule has 0 bridgehead atoms. The molecule has 1 atom stereocenters. The fourth-order valence-electron chi connectivity index (χ4n) is 4.89. The molecule has 0 spiro atoms. The molecule has 1 unspecified atom stereocenters. The molecule has 1 N–H and O–H groups in total. The number of amides is 1. The van der Waals surface area contributed by atoms with Crippen molar-refractivity contribution in [1.82, 2.24) is 5.32 Å². The third-order valence-corrected chi connectivity index (χ3v) is 6.73. The van der Waals surface area contributed by atoms with Crippen molar-refractivity contribution in [3.05, 3.63) is 94.5 Å². The summed E-state index contributed by atoms with van der Waals surface area (Å²) in [4.78, 5) is 13.2. The van der Waals surface area contributed by atoms with Gasteiger partial charge >= 0.3 is 0 Å². The molecule has 4 rings (SSSR count). The topological polar surface area (TPSA) is 47.6 Å². The second kappa shape index (κ2) is 9.70. The number of methoxy groups -OCH3 is 2. The first kappa shape index (κ1) is 22.9. The number of ether oxygens (including phenoxy) is 2. The summed E-state index contributed by atoms with van der Waals surface area (Å²) in [5, 5.41) is 3.19. The number of hydrogen-bond acceptors (Lipinski definition) is 3. The fraction of sp³-hybridized carbons (Fsp3) is 0.345. The Labute approximate surface area is 196 Å². The largest absolute Gasteiger partial charge is 0.493 e. The van der Waals surface area contributed by atoms with Crippen LogP contribution in [0.3, 0.4) is 0 Å². The van der Waals surface area contributed by atoms with Gasteiger partial charge in [0.05, 0.1) is 20.1 Å². The molecular weight excluding hydrogens is 410 g/mol. The van der Waals surface area contributed by atoms with Crippen LogP contribution in [0.4, 0.5) is 0 Å². The minimum atomic E-state index is -0.231. The molecule has 1 aliphatic carbocycles. The normalized spacial score (nSPS) is 16.2. The van der Waals surface area contributed by atoms with E-state index in [2.05, 4.69) is 67.7 Å². The van der Waals surface area contributed by atoms with E-state index < -0.39 is 0 Å². The molecule has 1 fully saturated rings. The predicted octanol–water partition coefficient (Wildman–Crippen LogP) is 5.38. The molecule has 172 valence electrons. The van der Waals surface area contributed by atoms with Gasteiger partial charge in [-0.15, -0.1) is 0 Å². The summed E-state index contributed by atoms with van der Waals surface area (Å²) in [6, 6.07) is 23.2. The Hall–Kier alpha value is -3.27. The first-order valence-corrected chi connectivity index (χ1v) is 11.6. The van der Waals surface area contributed by atoms with Crippen LogP contribution in [-0.2, 0) is 16.6 Å². The lowest BCUT2D eigenvalue weighted by molar-refractivity contribution is -0.122. The number of benzene rings is 3. The average Bonchev–Trinajstić information content (AvgIpc) is 3.59. The minimum Gasteiger partial charge on any atom is -0.493 e. The molecule has 1 amide bonds. The summed E-state index contributed by atoms with van der Waals surface area (Å²) < 4.78 is 10.7. The quantitative estimate of drug-likeness (QED) is 0.452. The maximum Gasteiger partial charge on any atom is 0.224 e. The molecule has 4 heteroatoms. The van der Waals surface area contributed by atoms with E-state index >= 15 is 0 Å². The molecule has 33 heavy (non-hydrogen) atoms. The fourth-order valence-corrected chi connectivity index (χ4v) is 4.89. The van der Waals surface area contributed by atoms with Gasteiger partial charge in [-0.1, -0.05) is 65.7 Å². The lowest BCUT2D eigenvalue weighted by Crippen LogP contribution is -2.30. The van der Waals surface area contributed by atoms with E-state index in [1.807, 2.05) is 18.2 Å². The molecule has 3 aromatic rings. The summed E-state index contributed by atoms with van der Waals surface area (Å²) in [6.45, 7) is 4.87. The van der Waals surface area contributed by atoms with Crippen molar-refractivity contribution in [2.75, 3.05) is 20.8 Å². The van der Waals surface area contributed by atoms with Gasteiger partial charge in [-0.2, -0.15) is 0 Å². The van der Waals surface area contributed by atoms with E-state index in [-0.39, 0.29) is 17.2 Å². The number of nitrogens with one attached hydrogen (secondary N) is 1. The molecule has 0 aromatic heterocycles. The first-order valence-electron chi connectivity index (χ1n) is 11.6. The second-order valence-corrected chi connectivity index (χ2v) is 9.05. The zero-order chi connectivity index (χ0) is 23.4. The van der Waals surface area contributed by atoms with Crippen molar-refractivity contribution in [3.8, 4) is 11.5 Å². The van der Waals surface area contributed by atoms with Gasteiger partial charge in [0.25, 0.3) is 0 Å². The van der Waals surface area contributed by atoms with Crippen molar-refractivity contribution < 1.29 is 14.3 Å². The van der Waals surface area contributed by atoms with Crippen LogP contribution < -0.4 is 14.8 Å². The molecule has 4 nitrogen and oxygen atoms in total. The van der Waals surface area contributed by atoms with Crippen LogP contribution in [0, 0.1) is 19.8 Å². The van der Waals surface area contributed by atoms with E-state index in [0.29, 0.717) is 6.54 Å². The summed E-state index contributed by atoms with van der Waals surface area (Å²) in [5.41, 5.74) is 5.85. The van der Waals surface area contributed by atoms with Crippen molar-refractivity contribution in [2.45, 2.75) is 38.5 Å². The van der Waals surface area contributed by atoms with E-state index in [0.717, 1.165) is 30.8 Å². The predicted molar refractivity (Wildman–Crippen MR) is 132 cm³/mol. The van der Waals surface area contributed by atoms with E-state index in [4.69, 9.17) is 9.47 Å². The van der Waals surface area contributed by atoms with Crippen LogP contribution in [0.25, 0.3) is 0 Å². The van der Waals surface area contributed by atoms with E-state index in [1.165, 1.54) is 27.8 Å². The van der Waals surface area contributed by atoms with Gasteiger partial charge in [0, 0.05) is 12.0 Å². The van der Waals surface area contributed by atoms with Gasteiger partial charge in [-0.05, 0) is 61.9 Å². The van der Waals surface area contributed by atoms with Gasteiger partial charge in [-0.25, -0.2) is 0 Å². The zero-order valence-corrected chi connectivity index (χ0v) is 20.0. The number of rotatable bonds is 9. The minimum absolute atomic E-state index is 0.0396. The number of carbonyl (C=O) groups excluding carboxylic acids is 1. The molecule has 0 saturated heterocycles. The highest BCUT2D eigenvalue weighted by Gasteiger charge is 2.60. The lowest BCUT2D eigenvalue weighted by Gasteiger charge is -2.20. The summed E-state index contributed by atoms with van der Waals surface area (Å²) in [5.74, 6) is 1.57. The Morgan fingerprint density at radius 2 is 1.55 bits per heavy atom. The molecule has 3 aromatic carbocycles. The Morgan fingerprint density at radius 3 is 2.12 bits per heavy atom. The van der Waals surface area contributed by atoms with Crippen LogP contribution >= 0.6 is 0 Å². The van der Waals surface area contributed by atoms with E-state index in [1.54, 1.807) is 14.2 Å². The Bertz CT molecular complexity index is 1090. The number of hydrogen-bond donors (Lipinski definition) is 1. The van der Waals surface area contributed by atoms with Crippen molar-refractivity contribution >= 4 is 5.91 Å². The highest BCUT2D eigenvalue weighted by Crippen LogP contribution is 2.59. The standard InChI is InChI=1S/C29H33NO3/c1-20-8-5-11-23(16-20)29(24-12-6-9-21(2)17-24)19-25(29)28(31)30-15-7-10-22-13-14-26(32-3)27(18-22)33-4/h5-6,8-9,11-14,16-18,25H,7,10,15,19H2,1-4H3,(H,30,31). The third kappa shape index (κ3) is 4.75. The Morgan fingerprint density at radius 1 is 0.909 bits per heavy atom. The Kier molecular flexibility index (Phi) is 6.73. The molecule has 1 saturated carbocycles. The molecule has 0 aliphatic heterocycles. The van der Waals surface area contributed by atoms with Crippen molar-refractivity contribution in [1.29, 1.82) is 0 Å². The van der Waals surface area contributed by atoms with Crippen LogP contribution in [-0.4, -0.2) is 26.7 Å². The highest BCUT2D eigenvalue weighted by atomic mass is 16.5. The monoisotopic (exact) mass is 443 g/mol. The van der Waals surface area contributed by atoms with E-state index in [9.17, 15) is 4.79 Å². The average molecular weight is 444 g/mol. The van der Waals surface area contributed by atoms with Crippen LogP contribution in [0.2, 0.25) is 0 Å². The maximum atomic E-state index is 13.2. The Balaban J connectivity index is 1.42. The first-order chi connectivity index (χ1) is 16.0. The summed E-state index contributed by atoms with van der Waals surface area (Å²) in [7, 11) is 3.28. The SMILES string of the molecule is COc1ccc(CCCNC(=O)C2CC2(c2cccc(C)c2)c2cccc(C)c2)cc1OC. The highest BCUT2D eigenvalue weighted by molar-refractivity contribution is 5.86. The lowest BCUT2D eigenvalue weighted by atomic mass is 9.84. The number of carbonyl (C=O) groups is 1. The smallest absolute Gasteiger partial charge is 0.224 e. The summed E-state index contributed by atoms with van der Waals surface area (Å²) >= 11 is 0. The molecular formula is C29H33NO3. The van der Waals surface area contributed by atoms with Crippen molar-refractivity contribution in [3.63, 3.8) is 0 Å². The van der Waals surface area contributed by atoms with Gasteiger partial charge in [0.2, 0.25) is 5.91 Å². The number of aryl methyl sites for hydroxylation is 3. The molecule has 0 heterocycles. The van der Waals surface area contributed by atoms with Gasteiger partial charge in [0.1, 0.15) is 0 Å².